The van der Waals surface area contributed by atoms with Gasteiger partial charge >= 0.3 is 0 Å². The van der Waals surface area contributed by atoms with Gasteiger partial charge in [0.05, 0.1) is 14.2 Å². The molecule has 3 aromatic rings. The fourth-order valence-electron chi connectivity index (χ4n) is 3.84. The van der Waals surface area contributed by atoms with Crippen molar-refractivity contribution in [2.24, 2.45) is 0 Å². The highest BCUT2D eigenvalue weighted by Crippen LogP contribution is 2.27. The number of hydrogen-bond acceptors (Lipinski definition) is 5. The first-order valence-corrected chi connectivity index (χ1v) is 12.9. The molecule has 37 heavy (non-hydrogen) atoms. The van der Waals surface area contributed by atoms with Gasteiger partial charge in [0.1, 0.15) is 23.3 Å². The number of hydrogen-bond donors (Lipinski definition) is 1. The molecule has 0 radical (unpaired) electrons. The Bertz CT molecular complexity index is 1150. The van der Waals surface area contributed by atoms with Crippen LogP contribution in [0.3, 0.4) is 0 Å². The number of halogens is 1. The highest BCUT2D eigenvalue weighted by molar-refractivity contribution is 9.10. The van der Waals surface area contributed by atoms with Crippen molar-refractivity contribution in [2.45, 2.75) is 32.4 Å². The van der Waals surface area contributed by atoms with Gasteiger partial charge in [-0.05, 0) is 29.7 Å². The van der Waals surface area contributed by atoms with Crippen molar-refractivity contribution in [3.8, 4) is 17.2 Å². The lowest BCUT2D eigenvalue weighted by molar-refractivity contribution is -0.142. The van der Waals surface area contributed by atoms with E-state index in [1.54, 1.807) is 37.3 Å². The van der Waals surface area contributed by atoms with E-state index < -0.39 is 6.04 Å². The van der Waals surface area contributed by atoms with Gasteiger partial charge in [-0.1, -0.05) is 65.3 Å². The van der Waals surface area contributed by atoms with Gasteiger partial charge in [0.25, 0.3) is 5.91 Å². The second kappa shape index (κ2) is 14.3. The van der Waals surface area contributed by atoms with Crippen LogP contribution in [0, 0.1) is 0 Å². The number of carbonyl (C=O) groups excluding carboxylic acids is 2. The Labute approximate surface area is 226 Å². The largest absolute Gasteiger partial charge is 0.496 e. The molecule has 0 saturated heterocycles. The van der Waals surface area contributed by atoms with Gasteiger partial charge in [0, 0.05) is 42.2 Å². The molecule has 196 valence electrons. The van der Waals surface area contributed by atoms with Crippen molar-refractivity contribution in [3.05, 3.63) is 88.4 Å². The van der Waals surface area contributed by atoms with Crippen LogP contribution < -0.4 is 19.5 Å². The summed E-state index contributed by atoms with van der Waals surface area (Å²) in [4.78, 5) is 28.6. The molecule has 0 aromatic heterocycles. The molecule has 0 aliphatic carbocycles. The standard InChI is InChI=1S/C29H33BrN2O5/c1-4-13-31-29(34)27(15-21-9-6-5-7-10-21)32(19-22-11-8-12-23(30)14-22)28(33)20-37-26-17-24(35-2)16-25(18-26)36-3/h5-12,14,16-18,27H,4,13,15,19-20H2,1-3H3,(H,31,34)/t27-/m1/s1. The van der Waals surface area contributed by atoms with E-state index in [0.29, 0.717) is 30.2 Å². The smallest absolute Gasteiger partial charge is 0.261 e. The number of nitrogens with zero attached hydrogens (tertiary/aromatic N) is 1. The predicted octanol–water partition coefficient (Wildman–Crippen LogP) is 5.01. The lowest BCUT2D eigenvalue weighted by atomic mass is 10.0. The third kappa shape index (κ3) is 8.53. The number of nitrogens with one attached hydrogen (secondary N) is 1. The summed E-state index contributed by atoms with van der Waals surface area (Å²) in [6, 6.07) is 21.8. The molecule has 0 fully saturated rings. The van der Waals surface area contributed by atoms with Crippen LogP contribution in [0.2, 0.25) is 0 Å². The van der Waals surface area contributed by atoms with Gasteiger partial charge in [0.15, 0.2) is 6.61 Å². The number of ether oxygens (including phenoxy) is 3. The van der Waals surface area contributed by atoms with Crippen LogP contribution >= 0.6 is 15.9 Å². The van der Waals surface area contributed by atoms with Crippen molar-refractivity contribution < 1.29 is 23.8 Å². The molecule has 0 heterocycles. The average Bonchev–Trinajstić information content (AvgIpc) is 2.92. The number of rotatable bonds is 13. The quantitative estimate of drug-likeness (QED) is 0.313. The van der Waals surface area contributed by atoms with E-state index in [-0.39, 0.29) is 25.0 Å². The molecule has 0 unspecified atom stereocenters. The van der Waals surface area contributed by atoms with Crippen LogP contribution in [0.4, 0.5) is 0 Å². The van der Waals surface area contributed by atoms with Crippen LogP contribution in [-0.4, -0.2) is 50.1 Å². The highest BCUT2D eigenvalue weighted by Gasteiger charge is 2.30. The summed E-state index contributed by atoms with van der Waals surface area (Å²) in [5, 5.41) is 2.97. The summed E-state index contributed by atoms with van der Waals surface area (Å²) in [7, 11) is 3.10. The van der Waals surface area contributed by atoms with Gasteiger partial charge in [-0.3, -0.25) is 9.59 Å². The van der Waals surface area contributed by atoms with E-state index >= 15 is 0 Å². The Balaban J connectivity index is 1.90. The summed E-state index contributed by atoms with van der Waals surface area (Å²) in [6.45, 7) is 2.52. The summed E-state index contributed by atoms with van der Waals surface area (Å²) in [5.74, 6) is 1.02. The first-order chi connectivity index (χ1) is 17.9. The fraction of sp³-hybridized carbons (Fsp3) is 0.310. The van der Waals surface area contributed by atoms with Crippen LogP contribution in [0.25, 0.3) is 0 Å². The van der Waals surface area contributed by atoms with E-state index in [2.05, 4.69) is 21.2 Å². The average molecular weight is 569 g/mol. The molecular weight excluding hydrogens is 536 g/mol. The van der Waals surface area contributed by atoms with Crippen molar-refractivity contribution in [2.75, 3.05) is 27.4 Å². The monoisotopic (exact) mass is 568 g/mol. The summed E-state index contributed by atoms with van der Waals surface area (Å²) >= 11 is 3.50. The summed E-state index contributed by atoms with van der Waals surface area (Å²) in [6.07, 6.45) is 1.17. The minimum atomic E-state index is -0.719. The van der Waals surface area contributed by atoms with Crippen LogP contribution in [-0.2, 0) is 22.6 Å². The zero-order valence-corrected chi connectivity index (χ0v) is 23.0. The molecule has 8 heteroatoms. The minimum absolute atomic E-state index is 0.197. The molecule has 0 spiro atoms. The molecule has 3 rings (SSSR count). The molecule has 2 amide bonds. The lowest BCUT2D eigenvalue weighted by Crippen LogP contribution is -2.51. The van der Waals surface area contributed by atoms with Gasteiger partial charge in [-0.25, -0.2) is 0 Å². The molecule has 0 aliphatic rings. The second-order valence-corrected chi connectivity index (χ2v) is 9.40. The van der Waals surface area contributed by atoms with Gasteiger partial charge in [-0.2, -0.15) is 0 Å². The lowest BCUT2D eigenvalue weighted by Gasteiger charge is -2.31. The van der Waals surface area contributed by atoms with Crippen molar-refractivity contribution in [1.82, 2.24) is 10.2 Å². The second-order valence-electron chi connectivity index (χ2n) is 8.49. The maximum absolute atomic E-state index is 13.7. The van der Waals surface area contributed by atoms with Crippen molar-refractivity contribution >= 4 is 27.7 Å². The minimum Gasteiger partial charge on any atom is -0.496 e. The molecule has 7 nitrogen and oxygen atoms in total. The maximum atomic E-state index is 13.7. The third-order valence-corrected chi connectivity index (χ3v) is 6.24. The van der Waals surface area contributed by atoms with E-state index in [0.717, 1.165) is 22.0 Å². The van der Waals surface area contributed by atoms with Crippen molar-refractivity contribution in [3.63, 3.8) is 0 Å². The highest BCUT2D eigenvalue weighted by atomic mass is 79.9. The van der Waals surface area contributed by atoms with Crippen LogP contribution in [0.5, 0.6) is 17.2 Å². The Kier molecular flexibility index (Phi) is 10.8. The first kappa shape index (κ1) is 28.1. The van der Waals surface area contributed by atoms with Crippen LogP contribution in [0.1, 0.15) is 24.5 Å². The summed E-state index contributed by atoms with van der Waals surface area (Å²) < 4.78 is 17.4. The zero-order valence-electron chi connectivity index (χ0n) is 21.4. The third-order valence-electron chi connectivity index (χ3n) is 5.75. The van der Waals surface area contributed by atoms with E-state index in [1.165, 1.54) is 0 Å². The Morgan fingerprint density at radius 2 is 1.54 bits per heavy atom. The normalized spacial score (nSPS) is 11.4. The maximum Gasteiger partial charge on any atom is 0.261 e. The molecular formula is C29H33BrN2O5. The Hall–Kier alpha value is -3.52. The number of benzene rings is 3. The number of methoxy groups -OCH3 is 2. The van der Waals surface area contributed by atoms with Gasteiger partial charge < -0.3 is 24.4 Å². The Morgan fingerprint density at radius 3 is 2.16 bits per heavy atom. The molecule has 0 aliphatic heterocycles. The van der Waals surface area contributed by atoms with Gasteiger partial charge in [0.2, 0.25) is 5.91 Å². The van der Waals surface area contributed by atoms with E-state index in [1.807, 2.05) is 61.5 Å². The van der Waals surface area contributed by atoms with E-state index in [9.17, 15) is 9.59 Å². The Morgan fingerprint density at radius 1 is 0.892 bits per heavy atom. The van der Waals surface area contributed by atoms with Crippen molar-refractivity contribution in [1.29, 1.82) is 0 Å². The predicted molar refractivity (Wildman–Crippen MR) is 147 cm³/mol. The van der Waals surface area contributed by atoms with E-state index in [4.69, 9.17) is 14.2 Å². The fourth-order valence-corrected chi connectivity index (χ4v) is 4.29. The summed E-state index contributed by atoms with van der Waals surface area (Å²) in [5.41, 5.74) is 1.86. The topological polar surface area (TPSA) is 77.1 Å². The molecule has 0 bridgehead atoms. The molecule has 1 N–H and O–H groups in total. The zero-order chi connectivity index (χ0) is 26.6. The molecule has 1 atom stereocenters. The number of carbonyl (C=O) groups is 2. The SMILES string of the molecule is CCCNC(=O)[C@@H](Cc1ccccc1)N(Cc1cccc(Br)c1)C(=O)COc1cc(OC)cc(OC)c1. The number of amides is 2. The molecule has 3 aromatic carbocycles. The van der Waals surface area contributed by atoms with Crippen LogP contribution in [0.15, 0.2) is 77.3 Å². The van der Waals surface area contributed by atoms with Gasteiger partial charge in [-0.15, -0.1) is 0 Å². The molecule has 0 saturated carbocycles. The first-order valence-electron chi connectivity index (χ1n) is 12.1.